The van der Waals surface area contributed by atoms with Crippen molar-refractivity contribution in [3.8, 4) is 0 Å². The van der Waals surface area contributed by atoms with Crippen LogP contribution in [0.4, 0.5) is 0 Å². The summed E-state index contributed by atoms with van der Waals surface area (Å²) in [6.07, 6.45) is 4.55. The molecule has 2 saturated heterocycles. The van der Waals surface area contributed by atoms with Crippen LogP contribution in [0.25, 0.3) is 10.2 Å². The van der Waals surface area contributed by atoms with Crippen LogP contribution in [0.5, 0.6) is 0 Å². The first-order chi connectivity index (χ1) is 15.2. The molecule has 31 heavy (non-hydrogen) atoms. The van der Waals surface area contributed by atoms with Gasteiger partial charge in [-0.05, 0) is 18.2 Å². The fraction of sp³-hybridized carbons (Fsp3) is 0.364. The van der Waals surface area contributed by atoms with Gasteiger partial charge in [-0.1, -0.05) is 6.07 Å². The normalized spacial score (nSPS) is 19.5. The first-order valence-corrected chi connectivity index (χ1v) is 11.1. The molecule has 0 radical (unpaired) electrons. The zero-order chi connectivity index (χ0) is 21.2. The van der Waals surface area contributed by atoms with Gasteiger partial charge in [0, 0.05) is 49.2 Å². The molecule has 0 bridgehead atoms. The third-order valence-electron chi connectivity index (χ3n) is 5.58. The summed E-state index contributed by atoms with van der Waals surface area (Å²) in [4.78, 5) is 39.9. The van der Waals surface area contributed by atoms with Crippen molar-refractivity contribution in [3.05, 3.63) is 58.9 Å². The molecule has 5 rings (SSSR count). The van der Waals surface area contributed by atoms with Crippen LogP contribution in [0.1, 0.15) is 31.7 Å². The lowest BCUT2D eigenvalue weighted by Gasteiger charge is -2.34. The zero-order valence-corrected chi connectivity index (χ0v) is 17.7. The van der Waals surface area contributed by atoms with Gasteiger partial charge >= 0.3 is 0 Å². The Kier molecular flexibility index (Phi) is 5.63. The van der Waals surface area contributed by atoms with E-state index in [0.29, 0.717) is 56.4 Å². The largest absolute Gasteiger partial charge is 0.378 e. The van der Waals surface area contributed by atoms with Gasteiger partial charge in [-0.25, -0.2) is 4.98 Å². The van der Waals surface area contributed by atoms with Crippen molar-refractivity contribution >= 4 is 33.4 Å². The second-order valence-electron chi connectivity index (χ2n) is 7.46. The van der Waals surface area contributed by atoms with Crippen molar-refractivity contribution < 1.29 is 19.1 Å². The first-order valence-electron chi connectivity index (χ1n) is 10.3. The average molecular weight is 439 g/mol. The van der Waals surface area contributed by atoms with Crippen molar-refractivity contribution in [1.29, 1.82) is 0 Å². The maximum atomic E-state index is 13.4. The monoisotopic (exact) mass is 438 g/mol. The predicted octanol–water partition coefficient (Wildman–Crippen LogP) is 2.38. The highest BCUT2D eigenvalue weighted by atomic mass is 32.1. The Morgan fingerprint density at radius 1 is 1.00 bits per heavy atom. The number of nitrogens with zero attached hydrogens (tertiary/aromatic N) is 4. The van der Waals surface area contributed by atoms with E-state index >= 15 is 0 Å². The van der Waals surface area contributed by atoms with E-state index in [9.17, 15) is 9.59 Å². The number of aromatic nitrogens is 2. The second-order valence-corrected chi connectivity index (χ2v) is 8.46. The summed E-state index contributed by atoms with van der Waals surface area (Å²) in [6, 6.07) is 7.35. The number of pyridine rings is 2. The summed E-state index contributed by atoms with van der Waals surface area (Å²) in [5.41, 5.74) is 1.37. The third-order valence-corrected chi connectivity index (χ3v) is 6.70. The Morgan fingerprint density at radius 3 is 2.61 bits per heavy atom. The molecule has 2 aliphatic rings. The molecule has 1 atom stereocenters. The molecule has 2 fully saturated rings. The average Bonchev–Trinajstić information content (AvgIpc) is 3.24. The molecule has 0 saturated carbocycles. The van der Waals surface area contributed by atoms with Crippen molar-refractivity contribution in [2.75, 3.05) is 46.0 Å². The molecular formula is C22H22N4O4S. The van der Waals surface area contributed by atoms with Gasteiger partial charge < -0.3 is 19.3 Å². The highest BCUT2D eigenvalue weighted by molar-refractivity contribution is 7.20. The van der Waals surface area contributed by atoms with E-state index in [0.717, 1.165) is 15.8 Å². The number of carbonyl (C=O) groups is 2. The van der Waals surface area contributed by atoms with Gasteiger partial charge in [0.15, 0.2) is 0 Å². The summed E-state index contributed by atoms with van der Waals surface area (Å²) < 4.78 is 11.5. The fourth-order valence-electron chi connectivity index (χ4n) is 4.02. The van der Waals surface area contributed by atoms with E-state index in [-0.39, 0.29) is 11.8 Å². The number of hydrogen-bond acceptors (Lipinski definition) is 7. The predicted molar refractivity (Wildman–Crippen MR) is 115 cm³/mol. The topological polar surface area (TPSA) is 84.9 Å². The Bertz CT molecular complexity index is 1100. The highest BCUT2D eigenvalue weighted by Gasteiger charge is 2.33. The maximum Gasteiger partial charge on any atom is 0.264 e. The summed E-state index contributed by atoms with van der Waals surface area (Å²) in [5, 5.41) is 0.907. The molecular weight excluding hydrogens is 416 g/mol. The molecule has 2 aliphatic heterocycles. The first kappa shape index (κ1) is 20.0. The molecule has 1 unspecified atom stereocenters. The molecule has 0 N–H and O–H groups in total. The number of hydrogen-bond donors (Lipinski definition) is 0. The van der Waals surface area contributed by atoms with Gasteiger partial charge in [0.1, 0.15) is 15.8 Å². The summed E-state index contributed by atoms with van der Waals surface area (Å²) in [6.45, 7) is 3.48. The number of carbonyl (C=O) groups excluding carboxylic acids is 2. The van der Waals surface area contributed by atoms with Crippen LogP contribution < -0.4 is 0 Å². The fourth-order valence-corrected chi connectivity index (χ4v) is 5.18. The molecule has 0 aliphatic carbocycles. The van der Waals surface area contributed by atoms with E-state index in [2.05, 4.69) is 9.97 Å². The standard InChI is InChI=1S/C22H22N4O4S/c27-21(15-3-1-5-23-13-15)26-9-12-30-17(14-26)18-16-4-2-6-24-20(16)31-19(18)22(28)25-7-10-29-11-8-25/h1-6,13,17H,7-12,14H2. The van der Waals surface area contributed by atoms with Crippen LogP contribution in [0.15, 0.2) is 42.9 Å². The van der Waals surface area contributed by atoms with Crippen molar-refractivity contribution in [2.45, 2.75) is 6.10 Å². The zero-order valence-electron chi connectivity index (χ0n) is 16.9. The molecule has 2 amide bonds. The quantitative estimate of drug-likeness (QED) is 0.624. The number of thiophene rings is 1. The van der Waals surface area contributed by atoms with Gasteiger partial charge in [-0.15, -0.1) is 11.3 Å². The van der Waals surface area contributed by atoms with Gasteiger partial charge in [0.25, 0.3) is 11.8 Å². The van der Waals surface area contributed by atoms with Gasteiger partial charge in [0.2, 0.25) is 0 Å². The number of rotatable bonds is 3. The van der Waals surface area contributed by atoms with Crippen LogP contribution >= 0.6 is 11.3 Å². The molecule has 0 aromatic carbocycles. The number of morpholine rings is 2. The lowest BCUT2D eigenvalue weighted by molar-refractivity contribution is -0.0225. The van der Waals surface area contributed by atoms with Crippen LogP contribution in [0.2, 0.25) is 0 Å². The minimum Gasteiger partial charge on any atom is -0.378 e. The van der Waals surface area contributed by atoms with Crippen molar-refractivity contribution in [2.24, 2.45) is 0 Å². The summed E-state index contributed by atoms with van der Waals surface area (Å²) in [7, 11) is 0. The van der Waals surface area contributed by atoms with E-state index in [1.807, 2.05) is 17.0 Å². The van der Waals surface area contributed by atoms with Gasteiger partial charge in [-0.2, -0.15) is 0 Å². The maximum absolute atomic E-state index is 13.4. The minimum absolute atomic E-state index is 0.0272. The highest BCUT2D eigenvalue weighted by Crippen LogP contribution is 2.38. The summed E-state index contributed by atoms with van der Waals surface area (Å²) >= 11 is 1.39. The van der Waals surface area contributed by atoms with Crippen LogP contribution in [0.3, 0.4) is 0 Å². The molecule has 8 nitrogen and oxygen atoms in total. The molecule has 9 heteroatoms. The van der Waals surface area contributed by atoms with Crippen LogP contribution in [-0.4, -0.2) is 77.6 Å². The molecule has 5 heterocycles. The Hall–Kier alpha value is -2.88. The Morgan fingerprint density at radius 2 is 1.81 bits per heavy atom. The molecule has 3 aromatic heterocycles. The number of ether oxygens (including phenoxy) is 2. The SMILES string of the molecule is O=C(c1cccnc1)N1CCOC(c2c(C(=O)N3CCOCC3)sc3ncccc23)C1. The summed E-state index contributed by atoms with van der Waals surface area (Å²) in [5.74, 6) is -0.110. The molecule has 3 aromatic rings. The second kappa shape index (κ2) is 8.70. The van der Waals surface area contributed by atoms with E-state index in [1.54, 1.807) is 35.6 Å². The van der Waals surface area contributed by atoms with E-state index in [1.165, 1.54) is 11.3 Å². The Labute approximate surface area is 183 Å². The lowest BCUT2D eigenvalue weighted by Crippen LogP contribution is -2.43. The minimum atomic E-state index is -0.396. The van der Waals surface area contributed by atoms with Gasteiger partial charge in [0.05, 0.1) is 31.9 Å². The van der Waals surface area contributed by atoms with E-state index in [4.69, 9.17) is 9.47 Å². The third kappa shape index (κ3) is 3.91. The van der Waals surface area contributed by atoms with Crippen LogP contribution in [-0.2, 0) is 9.47 Å². The lowest BCUT2D eigenvalue weighted by atomic mass is 10.0. The van der Waals surface area contributed by atoms with Crippen molar-refractivity contribution in [3.63, 3.8) is 0 Å². The van der Waals surface area contributed by atoms with Crippen LogP contribution in [0, 0.1) is 0 Å². The number of amides is 2. The molecule has 0 spiro atoms. The molecule has 160 valence electrons. The Balaban J connectivity index is 1.48. The smallest absolute Gasteiger partial charge is 0.264 e. The number of fused-ring (bicyclic) bond motifs is 1. The van der Waals surface area contributed by atoms with Gasteiger partial charge in [-0.3, -0.25) is 14.6 Å². The van der Waals surface area contributed by atoms with E-state index < -0.39 is 6.10 Å². The van der Waals surface area contributed by atoms with Crippen molar-refractivity contribution in [1.82, 2.24) is 19.8 Å².